The number of anilines is 1. The van der Waals surface area contributed by atoms with Crippen LogP contribution in [-0.2, 0) is 29.0 Å². The van der Waals surface area contributed by atoms with E-state index in [4.69, 9.17) is 4.74 Å². The molecule has 158 valence electrons. The minimum absolute atomic E-state index is 0.0475. The van der Waals surface area contributed by atoms with Gasteiger partial charge in [0.05, 0.1) is 19.0 Å². The molecule has 0 atom stereocenters. The van der Waals surface area contributed by atoms with Gasteiger partial charge >= 0.3 is 0 Å². The zero-order valence-corrected chi connectivity index (χ0v) is 18.3. The molecule has 7 nitrogen and oxygen atoms in total. The third kappa shape index (κ3) is 6.15. The molecule has 9 heteroatoms. The third-order valence-electron chi connectivity index (χ3n) is 4.84. The van der Waals surface area contributed by atoms with E-state index in [-0.39, 0.29) is 5.91 Å². The fourth-order valence-electron chi connectivity index (χ4n) is 3.23. The molecule has 1 aliphatic heterocycles. The monoisotopic (exact) mass is 443 g/mol. The van der Waals surface area contributed by atoms with E-state index < -0.39 is 0 Å². The molecular formula is C21H25N5O2S2. The molecule has 0 aliphatic carbocycles. The van der Waals surface area contributed by atoms with Crippen LogP contribution in [-0.4, -0.2) is 57.6 Å². The first-order valence-corrected chi connectivity index (χ1v) is 11.8. The van der Waals surface area contributed by atoms with Crippen molar-refractivity contribution in [2.24, 2.45) is 0 Å². The second kappa shape index (κ2) is 10.7. The van der Waals surface area contributed by atoms with E-state index in [2.05, 4.69) is 50.1 Å². The summed E-state index contributed by atoms with van der Waals surface area (Å²) in [4.78, 5) is 16.1. The SMILES string of the molecule is O=C(CSc1nncn1CCc1cccs1)Nc1ccc(CN2CCOCC2)cc1. The lowest BCUT2D eigenvalue weighted by atomic mass is 10.2. The fraction of sp³-hybridized carbons (Fsp3) is 0.381. The first-order chi connectivity index (χ1) is 14.8. The summed E-state index contributed by atoms with van der Waals surface area (Å²) in [6.07, 6.45) is 2.66. The molecule has 0 radical (unpaired) electrons. The van der Waals surface area contributed by atoms with Gasteiger partial charge in [-0.2, -0.15) is 0 Å². The molecule has 4 rings (SSSR count). The summed E-state index contributed by atoms with van der Waals surface area (Å²) in [6, 6.07) is 12.2. The lowest BCUT2D eigenvalue weighted by molar-refractivity contribution is -0.113. The van der Waals surface area contributed by atoms with Crippen LogP contribution in [0.15, 0.2) is 53.3 Å². The van der Waals surface area contributed by atoms with E-state index in [1.165, 1.54) is 22.2 Å². The number of nitrogens with one attached hydrogen (secondary N) is 1. The molecular weight excluding hydrogens is 418 g/mol. The van der Waals surface area contributed by atoms with Gasteiger partial charge in [0.1, 0.15) is 6.33 Å². The Labute approximate surface area is 184 Å². The number of carbonyl (C=O) groups excluding carboxylic acids is 1. The zero-order valence-electron chi connectivity index (χ0n) is 16.7. The highest BCUT2D eigenvalue weighted by molar-refractivity contribution is 7.99. The van der Waals surface area contributed by atoms with Crippen molar-refractivity contribution in [3.8, 4) is 0 Å². The summed E-state index contributed by atoms with van der Waals surface area (Å²) in [6.45, 7) is 5.25. The van der Waals surface area contributed by atoms with E-state index in [9.17, 15) is 4.79 Å². The molecule has 1 amide bonds. The van der Waals surface area contributed by atoms with Crippen molar-refractivity contribution in [1.29, 1.82) is 0 Å². The number of ether oxygens (including phenoxy) is 1. The number of thioether (sulfide) groups is 1. The van der Waals surface area contributed by atoms with Gasteiger partial charge in [0.15, 0.2) is 5.16 Å². The average Bonchev–Trinajstić information content (AvgIpc) is 3.45. The lowest BCUT2D eigenvalue weighted by Gasteiger charge is -2.26. The molecule has 3 heterocycles. The number of benzene rings is 1. The number of nitrogens with zero attached hydrogens (tertiary/aromatic N) is 4. The third-order valence-corrected chi connectivity index (χ3v) is 6.76. The Hall–Kier alpha value is -2.20. The second-order valence-corrected chi connectivity index (χ2v) is 9.03. The Kier molecular flexibility index (Phi) is 7.52. The Bertz CT molecular complexity index is 921. The number of aryl methyl sites for hydroxylation is 2. The number of hydrogen-bond acceptors (Lipinski definition) is 7. The van der Waals surface area contributed by atoms with Crippen LogP contribution in [0, 0.1) is 0 Å². The first kappa shape index (κ1) is 21.0. The van der Waals surface area contributed by atoms with E-state index >= 15 is 0 Å². The second-order valence-electron chi connectivity index (χ2n) is 7.06. The topological polar surface area (TPSA) is 72.3 Å². The summed E-state index contributed by atoms with van der Waals surface area (Å²) in [5.41, 5.74) is 2.05. The minimum atomic E-state index is -0.0475. The number of amides is 1. The number of aromatic nitrogens is 3. The highest BCUT2D eigenvalue weighted by atomic mass is 32.2. The molecule has 2 aromatic heterocycles. The Morgan fingerprint density at radius 1 is 1.20 bits per heavy atom. The molecule has 0 unspecified atom stereocenters. The molecule has 1 aromatic carbocycles. The summed E-state index contributed by atoms with van der Waals surface area (Å²) < 4.78 is 7.39. The van der Waals surface area contributed by atoms with Gasteiger partial charge in [-0.05, 0) is 35.6 Å². The van der Waals surface area contributed by atoms with Crippen LogP contribution in [0.25, 0.3) is 0 Å². The van der Waals surface area contributed by atoms with Gasteiger partial charge in [-0.1, -0.05) is 30.0 Å². The van der Waals surface area contributed by atoms with Crippen LogP contribution in [0.3, 0.4) is 0 Å². The first-order valence-electron chi connectivity index (χ1n) is 9.98. The van der Waals surface area contributed by atoms with Crippen molar-refractivity contribution in [1.82, 2.24) is 19.7 Å². The highest BCUT2D eigenvalue weighted by Gasteiger charge is 2.12. The number of morpholine rings is 1. The summed E-state index contributed by atoms with van der Waals surface area (Å²) in [5, 5.41) is 13.9. The maximum atomic E-state index is 12.4. The Balaban J connectivity index is 1.22. The van der Waals surface area contributed by atoms with Crippen molar-refractivity contribution in [2.45, 2.75) is 24.7 Å². The van der Waals surface area contributed by atoms with Crippen molar-refractivity contribution in [2.75, 3.05) is 37.4 Å². The van der Waals surface area contributed by atoms with E-state index in [1.807, 2.05) is 16.7 Å². The smallest absolute Gasteiger partial charge is 0.234 e. The number of thiophene rings is 1. The largest absolute Gasteiger partial charge is 0.379 e. The maximum absolute atomic E-state index is 12.4. The molecule has 30 heavy (non-hydrogen) atoms. The fourth-order valence-corrected chi connectivity index (χ4v) is 4.67. The molecule has 0 spiro atoms. The van der Waals surface area contributed by atoms with Crippen LogP contribution in [0.5, 0.6) is 0 Å². The van der Waals surface area contributed by atoms with Crippen molar-refractivity contribution >= 4 is 34.7 Å². The van der Waals surface area contributed by atoms with Crippen molar-refractivity contribution in [3.05, 3.63) is 58.5 Å². The molecule has 1 N–H and O–H groups in total. The predicted octanol–water partition coefficient (Wildman–Crippen LogP) is 3.15. The van der Waals surface area contributed by atoms with Gasteiger partial charge in [-0.15, -0.1) is 21.5 Å². The van der Waals surface area contributed by atoms with Crippen LogP contribution in [0.2, 0.25) is 0 Å². The quantitative estimate of drug-likeness (QED) is 0.512. The summed E-state index contributed by atoms with van der Waals surface area (Å²) in [5.74, 6) is 0.251. The lowest BCUT2D eigenvalue weighted by Crippen LogP contribution is -2.35. The zero-order chi connectivity index (χ0) is 20.6. The van der Waals surface area contributed by atoms with E-state index in [0.29, 0.717) is 5.75 Å². The van der Waals surface area contributed by atoms with Gasteiger partial charge < -0.3 is 14.6 Å². The van der Waals surface area contributed by atoms with Crippen LogP contribution in [0.4, 0.5) is 5.69 Å². The van der Waals surface area contributed by atoms with Gasteiger partial charge in [0, 0.05) is 36.7 Å². The van der Waals surface area contributed by atoms with Crippen LogP contribution in [0.1, 0.15) is 10.4 Å². The minimum Gasteiger partial charge on any atom is -0.379 e. The molecule has 3 aromatic rings. The average molecular weight is 444 g/mol. The van der Waals surface area contributed by atoms with Gasteiger partial charge in [-0.3, -0.25) is 9.69 Å². The Morgan fingerprint density at radius 3 is 2.80 bits per heavy atom. The van der Waals surface area contributed by atoms with Crippen LogP contribution >= 0.6 is 23.1 Å². The summed E-state index contributed by atoms with van der Waals surface area (Å²) in [7, 11) is 0. The van der Waals surface area contributed by atoms with E-state index in [0.717, 1.165) is 56.7 Å². The van der Waals surface area contributed by atoms with Gasteiger partial charge in [-0.25, -0.2) is 0 Å². The molecule has 0 bridgehead atoms. The standard InChI is InChI=1S/C21H25N5O2S2/c27-20(15-30-21-24-22-16-26(21)8-7-19-2-1-13-29-19)23-18-5-3-17(4-6-18)14-25-9-11-28-12-10-25/h1-6,13,16H,7-12,14-15H2,(H,23,27). The van der Waals surface area contributed by atoms with Gasteiger partial charge in [0.2, 0.25) is 5.91 Å². The predicted molar refractivity (Wildman–Crippen MR) is 120 cm³/mol. The number of hydrogen-bond donors (Lipinski definition) is 1. The highest BCUT2D eigenvalue weighted by Crippen LogP contribution is 2.18. The maximum Gasteiger partial charge on any atom is 0.234 e. The molecule has 1 saturated heterocycles. The normalized spacial score (nSPS) is 14.7. The van der Waals surface area contributed by atoms with Crippen molar-refractivity contribution in [3.63, 3.8) is 0 Å². The summed E-state index contributed by atoms with van der Waals surface area (Å²) >= 11 is 3.15. The molecule has 1 fully saturated rings. The number of carbonyl (C=O) groups is 1. The number of rotatable bonds is 9. The Morgan fingerprint density at radius 2 is 2.03 bits per heavy atom. The molecule has 1 aliphatic rings. The van der Waals surface area contributed by atoms with Crippen molar-refractivity contribution < 1.29 is 9.53 Å². The molecule has 0 saturated carbocycles. The van der Waals surface area contributed by atoms with E-state index in [1.54, 1.807) is 17.7 Å². The van der Waals surface area contributed by atoms with Crippen LogP contribution < -0.4 is 5.32 Å². The van der Waals surface area contributed by atoms with Gasteiger partial charge in [0.25, 0.3) is 0 Å².